The van der Waals surface area contributed by atoms with Crippen LogP contribution in [0.3, 0.4) is 0 Å². The third kappa shape index (κ3) is 3.55. The lowest BCUT2D eigenvalue weighted by atomic mass is 10.1. The van der Waals surface area contributed by atoms with E-state index in [1.54, 1.807) is 12.1 Å². The van der Waals surface area contributed by atoms with E-state index >= 15 is 0 Å². The Bertz CT molecular complexity index is 535. The highest BCUT2D eigenvalue weighted by atomic mass is 19.1. The third-order valence-electron chi connectivity index (χ3n) is 3.17. The van der Waals surface area contributed by atoms with Crippen LogP contribution in [0.4, 0.5) is 10.1 Å². The summed E-state index contributed by atoms with van der Waals surface area (Å²) in [5.41, 5.74) is 8.99. The van der Waals surface area contributed by atoms with Crippen molar-refractivity contribution in [3.63, 3.8) is 0 Å². The van der Waals surface area contributed by atoms with Crippen LogP contribution in [0.2, 0.25) is 0 Å². The van der Waals surface area contributed by atoms with Gasteiger partial charge in [0.1, 0.15) is 5.82 Å². The molecule has 100 valence electrons. The minimum atomic E-state index is -0.196. The number of nitrogens with two attached hydrogens (primary N) is 1. The van der Waals surface area contributed by atoms with Crippen LogP contribution in [-0.2, 0) is 6.54 Å². The summed E-state index contributed by atoms with van der Waals surface area (Å²) in [4.78, 5) is 2.08. The lowest BCUT2D eigenvalue weighted by Crippen LogP contribution is -2.16. The molecule has 2 nitrogen and oxygen atoms in total. The Morgan fingerprint density at radius 1 is 1.16 bits per heavy atom. The smallest absolute Gasteiger partial charge is 0.123 e. The highest BCUT2D eigenvalue weighted by molar-refractivity contribution is 5.47. The number of rotatable bonds is 4. The molecule has 2 N–H and O–H groups in total. The van der Waals surface area contributed by atoms with Gasteiger partial charge in [-0.25, -0.2) is 4.39 Å². The van der Waals surface area contributed by atoms with Crippen molar-refractivity contribution >= 4 is 5.69 Å². The number of nitrogens with zero attached hydrogens (tertiary/aromatic N) is 1. The largest absolute Gasteiger partial charge is 0.370 e. The van der Waals surface area contributed by atoms with Crippen LogP contribution in [0.25, 0.3) is 0 Å². The summed E-state index contributed by atoms with van der Waals surface area (Å²) in [7, 11) is 1.99. The number of anilines is 1. The minimum absolute atomic E-state index is 0.0441. The van der Waals surface area contributed by atoms with Crippen LogP contribution in [0.15, 0.2) is 48.5 Å². The van der Waals surface area contributed by atoms with Gasteiger partial charge in [0, 0.05) is 25.3 Å². The Kier molecular flexibility index (Phi) is 4.17. The van der Waals surface area contributed by atoms with Crippen molar-refractivity contribution in [2.45, 2.75) is 19.5 Å². The topological polar surface area (TPSA) is 29.3 Å². The Labute approximate surface area is 113 Å². The van der Waals surface area contributed by atoms with Crippen molar-refractivity contribution in [2.24, 2.45) is 5.73 Å². The number of benzene rings is 2. The maximum absolute atomic E-state index is 13.1. The van der Waals surface area contributed by atoms with Crippen molar-refractivity contribution in [1.29, 1.82) is 0 Å². The van der Waals surface area contributed by atoms with Gasteiger partial charge in [-0.1, -0.05) is 24.3 Å². The van der Waals surface area contributed by atoms with E-state index in [0.29, 0.717) is 6.54 Å². The minimum Gasteiger partial charge on any atom is -0.370 e. The van der Waals surface area contributed by atoms with Crippen LogP contribution in [0, 0.1) is 5.82 Å². The first-order valence-electron chi connectivity index (χ1n) is 6.37. The summed E-state index contributed by atoms with van der Waals surface area (Å²) in [6.45, 7) is 2.64. The van der Waals surface area contributed by atoms with Crippen molar-refractivity contribution in [1.82, 2.24) is 0 Å². The summed E-state index contributed by atoms with van der Waals surface area (Å²) in [6, 6.07) is 14.9. The number of hydrogen-bond donors (Lipinski definition) is 1. The normalized spacial score (nSPS) is 12.2. The number of hydrogen-bond acceptors (Lipinski definition) is 2. The average molecular weight is 258 g/mol. The molecule has 2 aromatic carbocycles. The molecule has 19 heavy (non-hydrogen) atoms. The van der Waals surface area contributed by atoms with E-state index in [4.69, 9.17) is 5.73 Å². The van der Waals surface area contributed by atoms with Gasteiger partial charge < -0.3 is 10.6 Å². The molecular formula is C16H19FN2. The average Bonchev–Trinajstić information content (AvgIpc) is 2.39. The SMILES string of the molecule is C[C@@H](N)c1ccc(N(C)Cc2cccc(F)c2)cc1. The van der Waals surface area contributed by atoms with Crippen molar-refractivity contribution < 1.29 is 4.39 Å². The van der Waals surface area contributed by atoms with Gasteiger partial charge in [0.15, 0.2) is 0 Å². The molecule has 0 saturated carbocycles. The fourth-order valence-corrected chi connectivity index (χ4v) is 2.03. The Balaban J connectivity index is 2.09. The standard InChI is InChI=1S/C16H19FN2/c1-12(18)14-6-8-16(9-7-14)19(2)11-13-4-3-5-15(17)10-13/h3-10,12H,11,18H2,1-2H3/t12-/m1/s1. The van der Waals surface area contributed by atoms with Gasteiger partial charge in [0.05, 0.1) is 0 Å². The second-order valence-corrected chi connectivity index (χ2v) is 4.87. The zero-order valence-corrected chi connectivity index (χ0v) is 11.3. The monoisotopic (exact) mass is 258 g/mol. The molecule has 0 aliphatic carbocycles. The van der Waals surface area contributed by atoms with Crippen LogP contribution in [0.1, 0.15) is 24.1 Å². The summed E-state index contributed by atoms with van der Waals surface area (Å²) in [6.07, 6.45) is 0. The van der Waals surface area contributed by atoms with Crippen molar-refractivity contribution in [3.8, 4) is 0 Å². The van der Waals surface area contributed by atoms with Gasteiger partial charge in [0.2, 0.25) is 0 Å². The molecular weight excluding hydrogens is 239 g/mol. The molecule has 0 saturated heterocycles. The quantitative estimate of drug-likeness (QED) is 0.909. The lowest BCUT2D eigenvalue weighted by molar-refractivity contribution is 0.625. The molecule has 3 heteroatoms. The van der Waals surface area contributed by atoms with E-state index in [1.807, 2.05) is 44.3 Å². The zero-order chi connectivity index (χ0) is 13.8. The second kappa shape index (κ2) is 5.85. The molecule has 1 atom stereocenters. The molecule has 2 aromatic rings. The van der Waals surface area contributed by atoms with Gasteiger partial charge in [0.25, 0.3) is 0 Å². The lowest BCUT2D eigenvalue weighted by Gasteiger charge is -2.20. The third-order valence-corrected chi connectivity index (χ3v) is 3.17. The van der Waals surface area contributed by atoms with Crippen molar-refractivity contribution in [3.05, 3.63) is 65.5 Å². The van der Waals surface area contributed by atoms with Gasteiger partial charge in [-0.15, -0.1) is 0 Å². The maximum atomic E-state index is 13.1. The van der Waals surface area contributed by atoms with Gasteiger partial charge >= 0.3 is 0 Å². The van der Waals surface area contributed by atoms with E-state index in [2.05, 4.69) is 4.90 Å². The van der Waals surface area contributed by atoms with E-state index in [0.717, 1.165) is 16.8 Å². The predicted molar refractivity (Wildman–Crippen MR) is 77.6 cm³/mol. The number of halogens is 1. The van der Waals surface area contributed by atoms with Crippen LogP contribution >= 0.6 is 0 Å². The first-order chi connectivity index (χ1) is 9.06. The Morgan fingerprint density at radius 3 is 2.42 bits per heavy atom. The molecule has 0 heterocycles. The van der Waals surface area contributed by atoms with Gasteiger partial charge in [-0.2, -0.15) is 0 Å². The summed E-state index contributed by atoms with van der Waals surface area (Å²) in [5, 5.41) is 0. The molecule has 2 rings (SSSR count). The molecule has 0 aliphatic heterocycles. The molecule has 0 unspecified atom stereocenters. The predicted octanol–water partition coefficient (Wildman–Crippen LogP) is 3.48. The van der Waals surface area contributed by atoms with Crippen LogP contribution < -0.4 is 10.6 Å². The molecule has 0 aliphatic rings. The molecule has 0 bridgehead atoms. The molecule has 0 aromatic heterocycles. The van der Waals surface area contributed by atoms with E-state index < -0.39 is 0 Å². The Hall–Kier alpha value is -1.87. The maximum Gasteiger partial charge on any atom is 0.123 e. The van der Waals surface area contributed by atoms with Gasteiger partial charge in [-0.05, 0) is 42.3 Å². The van der Waals surface area contributed by atoms with Crippen LogP contribution in [0.5, 0.6) is 0 Å². The highest BCUT2D eigenvalue weighted by Crippen LogP contribution is 2.19. The molecule has 0 radical (unpaired) electrons. The molecule has 0 spiro atoms. The van der Waals surface area contributed by atoms with Gasteiger partial charge in [-0.3, -0.25) is 0 Å². The second-order valence-electron chi connectivity index (χ2n) is 4.87. The van der Waals surface area contributed by atoms with E-state index in [-0.39, 0.29) is 11.9 Å². The first kappa shape index (κ1) is 13.6. The van der Waals surface area contributed by atoms with Crippen LogP contribution in [-0.4, -0.2) is 7.05 Å². The summed E-state index contributed by atoms with van der Waals surface area (Å²) < 4.78 is 13.1. The van der Waals surface area contributed by atoms with E-state index in [9.17, 15) is 4.39 Å². The summed E-state index contributed by atoms with van der Waals surface area (Å²) in [5.74, 6) is -0.196. The zero-order valence-electron chi connectivity index (χ0n) is 11.3. The summed E-state index contributed by atoms with van der Waals surface area (Å²) >= 11 is 0. The van der Waals surface area contributed by atoms with Crippen molar-refractivity contribution in [2.75, 3.05) is 11.9 Å². The Morgan fingerprint density at radius 2 is 1.84 bits per heavy atom. The highest BCUT2D eigenvalue weighted by Gasteiger charge is 2.04. The fraction of sp³-hybridized carbons (Fsp3) is 0.250. The molecule has 0 fully saturated rings. The molecule has 0 amide bonds. The first-order valence-corrected chi connectivity index (χ1v) is 6.37. The fourth-order valence-electron chi connectivity index (χ4n) is 2.03. The van der Waals surface area contributed by atoms with E-state index in [1.165, 1.54) is 6.07 Å².